The topological polar surface area (TPSA) is 30.0 Å². The van der Waals surface area contributed by atoms with E-state index in [1.54, 1.807) is 12.4 Å². The summed E-state index contributed by atoms with van der Waals surface area (Å²) >= 11 is 0. The third kappa shape index (κ3) is 3.08. The van der Waals surface area contributed by atoms with Crippen LogP contribution in [0.4, 0.5) is 0 Å². The van der Waals surface area contributed by atoms with Crippen molar-refractivity contribution in [2.45, 2.75) is 33.1 Å². The molecule has 1 aromatic carbocycles. The first-order chi connectivity index (χ1) is 9.26. The summed E-state index contributed by atoms with van der Waals surface area (Å²) in [5.74, 6) is 0.0946. The fourth-order valence-electron chi connectivity index (χ4n) is 2.24. The van der Waals surface area contributed by atoms with Crippen LogP contribution in [0.2, 0.25) is 0 Å². The number of benzene rings is 1. The third-order valence-corrected chi connectivity index (χ3v) is 3.26. The van der Waals surface area contributed by atoms with Gasteiger partial charge in [0.25, 0.3) is 0 Å². The second-order valence-electron chi connectivity index (χ2n) is 4.67. The molecule has 2 nitrogen and oxygen atoms in total. The van der Waals surface area contributed by atoms with E-state index >= 15 is 0 Å². The van der Waals surface area contributed by atoms with Crippen molar-refractivity contribution in [3.05, 3.63) is 65.0 Å². The Morgan fingerprint density at radius 2 is 2.05 bits per heavy atom. The number of carbonyl (C=O) groups excluding carboxylic acids is 1. The minimum absolute atomic E-state index is 0.0946. The van der Waals surface area contributed by atoms with Crippen molar-refractivity contribution in [3.8, 4) is 0 Å². The number of pyridine rings is 1. The van der Waals surface area contributed by atoms with E-state index in [9.17, 15) is 4.79 Å². The number of hydrogen-bond acceptors (Lipinski definition) is 2. The molecule has 0 saturated heterocycles. The molecule has 98 valence electrons. The molecule has 19 heavy (non-hydrogen) atoms. The van der Waals surface area contributed by atoms with Gasteiger partial charge in [-0.05, 0) is 36.1 Å². The quantitative estimate of drug-likeness (QED) is 0.758. The second kappa shape index (κ2) is 6.28. The number of aromatic nitrogens is 1. The molecule has 1 aromatic heterocycles. The second-order valence-corrected chi connectivity index (χ2v) is 4.67. The van der Waals surface area contributed by atoms with E-state index in [4.69, 9.17) is 0 Å². The van der Waals surface area contributed by atoms with Crippen LogP contribution in [0.1, 0.15) is 47.3 Å². The van der Waals surface area contributed by atoms with Crippen LogP contribution in [-0.2, 0) is 12.8 Å². The van der Waals surface area contributed by atoms with Gasteiger partial charge in [-0.1, -0.05) is 38.5 Å². The van der Waals surface area contributed by atoms with Crippen molar-refractivity contribution in [1.29, 1.82) is 0 Å². The zero-order valence-corrected chi connectivity index (χ0v) is 11.5. The first-order valence-electron chi connectivity index (χ1n) is 6.82. The van der Waals surface area contributed by atoms with E-state index in [2.05, 4.69) is 18.0 Å². The zero-order chi connectivity index (χ0) is 13.7. The molecule has 0 aliphatic carbocycles. The molecule has 0 atom stereocenters. The standard InChI is InChI=1S/C17H19NO/c1-3-6-13-7-5-8-15(11-13)17(19)16-9-10-18-12-14(16)4-2/h5,7-12H,3-4,6H2,1-2H3. The molecule has 2 aromatic rings. The van der Waals surface area contributed by atoms with Crippen LogP contribution >= 0.6 is 0 Å². The van der Waals surface area contributed by atoms with Gasteiger partial charge in [-0.3, -0.25) is 9.78 Å². The molecule has 2 heteroatoms. The predicted octanol–water partition coefficient (Wildman–Crippen LogP) is 3.83. The van der Waals surface area contributed by atoms with Gasteiger partial charge in [-0.25, -0.2) is 0 Å². The van der Waals surface area contributed by atoms with Gasteiger partial charge in [0.15, 0.2) is 5.78 Å². The van der Waals surface area contributed by atoms with Crippen molar-refractivity contribution in [2.24, 2.45) is 0 Å². The lowest BCUT2D eigenvalue weighted by molar-refractivity contribution is 0.103. The Labute approximate surface area is 114 Å². The van der Waals surface area contributed by atoms with Crippen molar-refractivity contribution < 1.29 is 4.79 Å². The average molecular weight is 253 g/mol. The van der Waals surface area contributed by atoms with E-state index in [1.807, 2.05) is 31.2 Å². The molecule has 0 radical (unpaired) electrons. The molecule has 0 fully saturated rings. The summed E-state index contributed by atoms with van der Waals surface area (Å²) in [4.78, 5) is 16.6. The fraction of sp³-hybridized carbons (Fsp3) is 0.294. The molecular weight excluding hydrogens is 234 g/mol. The number of ketones is 1. The molecule has 0 spiro atoms. The van der Waals surface area contributed by atoms with Gasteiger partial charge < -0.3 is 0 Å². The first kappa shape index (κ1) is 13.5. The normalized spacial score (nSPS) is 10.4. The molecule has 1 heterocycles. The Morgan fingerprint density at radius 1 is 1.21 bits per heavy atom. The highest BCUT2D eigenvalue weighted by Crippen LogP contribution is 2.16. The monoisotopic (exact) mass is 253 g/mol. The van der Waals surface area contributed by atoms with Crippen molar-refractivity contribution in [3.63, 3.8) is 0 Å². The largest absolute Gasteiger partial charge is 0.289 e. The van der Waals surface area contributed by atoms with Crippen LogP contribution in [0, 0.1) is 0 Å². The number of carbonyl (C=O) groups is 1. The molecule has 2 rings (SSSR count). The van der Waals surface area contributed by atoms with Crippen molar-refractivity contribution >= 4 is 5.78 Å². The minimum atomic E-state index is 0.0946. The summed E-state index contributed by atoms with van der Waals surface area (Å²) in [5.41, 5.74) is 3.77. The number of nitrogens with zero attached hydrogens (tertiary/aromatic N) is 1. The lowest BCUT2D eigenvalue weighted by atomic mass is 9.97. The molecule has 0 amide bonds. The van der Waals surface area contributed by atoms with Gasteiger partial charge in [-0.15, -0.1) is 0 Å². The molecule has 0 unspecified atom stereocenters. The fourth-order valence-corrected chi connectivity index (χ4v) is 2.24. The van der Waals surface area contributed by atoms with Crippen LogP contribution in [0.3, 0.4) is 0 Å². The molecule has 0 aliphatic rings. The van der Waals surface area contributed by atoms with E-state index in [0.29, 0.717) is 0 Å². The first-order valence-corrected chi connectivity index (χ1v) is 6.82. The maximum absolute atomic E-state index is 12.6. The van der Waals surface area contributed by atoms with Crippen molar-refractivity contribution in [1.82, 2.24) is 4.98 Å². The molecule has 0 bridgehead atoms. The molecular formula is C17H19NO. The van der Waals surface area contributed by atoms with Gasteiger partial charge in [-0.2, -0.15) is 0 Å². The number of hydrogen-bond donors (Lipinski definition) is 0. The van der Waals surface area contributed by atoms with Crippen molar-refractivity contribution in [2.75, 3.05) is 0 Å². The minimum Gasteiger partial charge on any atom is -0.289 e. The van der Waals surface area contributed by atoms with Crippen LogP contribution in [0.25, 0.3) is 0 Å². The van der Waals surface area contributed by atoms with Gasteiger partial charge in [0.05, 0.1) is 0 Å². The van der Waals surface area contributed by atoms with Crippen LogP contribution in [-0.4, -0.2) is 10.8 Å². The Kier molecular flexibility index (Phi) is 4.45. The van der Waals surface area contributed by atoms with Crippen LogP contribution in [0.15, 0.2) is 42.7 Å². The summed E-state index contributed by atoms with van der Waals surface area (Å²) in [6.07, 6.45) is 6.39. The Hall–Kier alpha value is -1.96. The predicted molar refractivity (Wildman–Crippen MR) is 77.5 cm³/mol. The highest BCUT2D eigenvalue weighted by Gasteiger charge is 2.12. The van der Waals surface area contributed by atoms with E-state index in [0.717, 1.165) is 36.0 Å². The van der Waals surface area contributed by atoms with E-state index in [1.165, 1.54) is 5.56 Å². The molecule has 0 saturated carbocycles. The molecule has 0 aliphatic heterocycles. The Balaban J connectivity index is 2.35. The van der Waals surface area contributed by atoms with Crippen LogP contribution in [0.5, 0.6) is 0 Å². The van der Waals surface area contributed by atoms with E-state index < -0.39 is 0 Å². The zero-order valence-electron chi connectivity index (χ0n) is 11.5. The highest BCUT2D eigenvalue weighted by molar-refractivity contribution is 6.09. The highest BCUT2D eigenvalue weighted by atomic mass is 16.1. The van der Waals surface area contributed by atoms with Gasteiger partial charge in [0.2, 0.25) is 0 Å². The SMILES string of the molecule is CCCc1cccc(C(=O)c2ccncc2CC)c1. The third-order valence-electron chi connectivity index (χ3n) is 3.26. The van der Waals surface area contributed by atoms with Gasteiger partial charge in [0.1, 0.15) is 0 Å². The maximum atomic E-state index is 12.6. The lowest BCUT2D eigenvalue weighted by Crippen LogP contribution is -2.06. The van der Waals surface area contributed by atoms with Crippen LogP contribution < -0.4 is 0 Å². The van der Waals surface area contributed by atoms with E-state index in [-0.39, 0.29) is 5.78 Å². The summed E-state index contributed by atoms with van der Waals surface area (Å²) in [6, 6.07) is 9.75. The smallest absolute Gasteiger partial charge is 0.193 e. The summed E-state index contributed by atoms with van der Waals surface area (Å²) in [7, 11) is 0. The number of rotatable bonds is 5. The maximum Gasteiger partial charge on any atom is 0.193 e. The average Bonchev–Trinajstić information content (AvgIpc) is 2.47. The summed E-state index contributed by atoms with van der Waals surface area (Å²) in [6.45, 7) is 4.19. The Morgan fingerprint density at radius 3 is 2.79 bits per heavy atom. The van der Waals surface area contributed by atoms with Gasteiger partial charge in [0, 0.05) is 23.5 Å². The molecule has 0 N–H and O–H groups in total. The summed E-state index contributed by atoms with van der Waals surface area (Å²) < 4.78 is 0. The summed E-state index contributed by atoms with van der Waals surface area (Å²) in [5, 5.41) is 0. The number of aryl methyl sites for hydroxylation is 2. The van der Waals surface area contributed by atoms with Gasteiger partial charge >= 0.3 is 0 Å². The lowest BCUT2D eigenvalue weighted by Gasteiger charge is -2.07. The Bertz CT molecular complexity index is 575.